The average Bonchev–Trinajstić information content (AvgIpc) is 3.39. The molecule has 26 heavy (non-hydrogen) atoms. The van der Waals surface area contributed by atoms with Crippen LogP contribution in [0.15, 0.2) is 10.8 Å². The van der Waals surface area contributed by atoms with Crippen molar-refractivity contribution in [2.75, 3.05) is 0 Å². The van der Waals surface area contributed by atoms with Gasteiger partial charge in [-0.2, -0.15) is 0 Å². The van der Waals surface area contributed by atoms with Gasteiger partial charge in [0.05, 0.1) is 37.6 Å². The molecule has 0 saturated heterocycles. The van der Waals surface area contributed by atoms with Gasteiger partial charge in [-0.1, -0.05) is 0 Å². The Labute approximate surface area is 175 Å². The first-order valence-electron chi connectivity index (χ1n) is 8.34. The second-order valence-corrected chi connectivity index (χ2v) is 12.6. The molecule has 0 aliphatic carbocycles. The Bertz CT molecular complexity index is 1360. The summed E-state index contributed by atoms with van der Waals surface area (Å²) in [6.07, 6.45) is 0. The third-order valence-electron chi connectivity index (χ3n) is 5.05. The zero-order valence-corrected chi connectivity index (χ0v) is 19.5. The SMILES string of the molecule is Cc1csc2c1sc1c(C)c(-c3sc4c(sc5c(C)csc54)c3C)sc12. The van der Waals surface area contributed by atoms with Crippen LogP contribution >= 0.6 is 68.0 Å². The van der Waals surface area contributed by atoms with Crippen LogP contribution in [-0.2, 0) is 0 Å². The molecule has 0 saturated carbocycles. The zero-order valence-electron chi connectivity index (χ0n) is 14.6. The van der Waals surface area contributed by atoms with Gasteiger partial charge in [-0.25, -0.2) is 0 Å². The van der Waals surface area contributed by atoms with Gasteiger partial charge in [0.25, 0.3) is 0 Å². The minimum Gasteiger partial charge on any atom is -0.141 e. The second kappa shape index (κ2) is 5.40. The maximum Gasteiger partial charge on any atom is 0.0639 e. The van der Waals surface area contributed by atoms with Crippen molar-refractivity contribution < 1.29 is 0 Å². The highest BCUT2D eigenvalue weighted by molar-refractivity contribution is 7.42. The third kappa shape index (κ3) is 1.93. The van der Waals surface area contributed by atoms with Gasteiger partial charge in [0, 0.05) is 9.75 Å². The lowest BCUT2D eigenvalue weighted by Crippen LogP contribution is -1.74. The Kier molecular flexibility index (Phi) is 3.37. The molecule has 0 aromatic carbocycles. The molecule has 0 bridgehead atoms. The lowest BCUT2D eigenvalue weighted by molar-refractivity contribution is 1.57. The van der Waals surface area contributed by atoms with Gasteiger partial charge < -0.3 is 0 Å². The Morgan fingerprint density at radius 2 is 0.885 bits per heavy atom. The van der Waals surface area contributed by atoms with Crippen LogP contribution < -0.4 is 0 Å². The predicted octanol–water partition coefficient (Wildman–Crippen LogP) is 9.57. The smallest absolute Gasteiger partial charge is 0.0639 e. The molecule has 0 aliphatic rings. The summed E-state index contributed by atoms with van der Waals surface area (Å²) in [4.78, 5) is 2.98. The summed E-state index contributed by atoms with van der Waals surface area (Å²) in [6, 6.07) is 0. The minimum absolute atomic E-state index is 1.43. The summed E-state index contributed by atoms with van der Waals surface area (Å²) in [5.74, 6) is 0. The largest absolute Gasteiger partial charge is 0.141 e. The van der Waals surface area contributed by atoms with Crippen LogP contribution in [-0.4, -0.2) is 0 Å². The summed E-state index contributed by atoms with van der Waals surface area (Å²) in [7, 11) is 0. The zero-order chi connectivity index (χ0) is 17.7. The molecule has 6 heterocycles. The van der Waals surface area contributed by atoms with Crippen LogP contribution in [0.5, 0.6) is 0 Å². The van der Waals surface area contributed by atoms with Gasteiger partial charge in [0.15, 0.2) is 0 Å². The molecule has 0 aliphatic heterocycles. The lowest BCUT2D eigenvalue weighted by Gasteiger charge is -1.98. The first-order chi connectivity index (χ1) is 12.5. The van der Waals surface area contributed by atoms with Crippen LogP contribution in [0.3, 0.4) is 0 Å². The van der Waals surface area contributed by atoms with E-state index in [-0.39, 0.29) is 0 Å². The number of aryl methyl sites for hydroxylation is 4. The molecule has 6 rings (SSSR count). The van der Waals surface area contributed by atoms with E-state index in [0.29, 0.717) is 0 Å². The summed E-state index contributed by atoms with van der Waals surface area (Å²) in [5, 5.41) is 4.61. The fourth-order valence-electron chi connectivity index (χ4n) is 3.61. The monoisotopic (exact) mass is 446 g/mol. The van der Waals surface area contributed by atoms with E-state index in [2.05, 4.69) is 38.5 Å². The highest BCUT2D eigenvalue weighted by Gasteiger charge is 2.23. The molecular formula is C20H14S6. The fourth-order valence-corrected chi connectivity index (χ4v) is 12.2. The number of hydrogen-bond donors (Lipinski definition) is 0. The maximum absolute atomic E-state index is 2.32. The van der Waals surface area contributed by atoms with Crippen LogP contribution in [0.1, 0.15) is 22.3 Å². The molecule has 6 aromatic heterocycles. The van der Waals surface area contributed by atoms with E-state index in [4.69, 9.17) is 0 Å². The maximum atomic E-state index is 2.32. The molecule has 0 unspecified atom stereocenters. The number of thiophene rings is 6. The van der Waals surface area contributed by atoms with E-state index in [9.17, 15) is 0 Å². The van der Waals surface area contributed by atoms with Crippen molar-refractivity contribution in [3.05, 3.63) is 33.0 Å². The molecule has 0 atom stereocenters. The van der Waals surface area contributed by atoms with E-state index < -0.39 is 0 Å². The molecule has 6 heteroatoms. The molecule has 0 N–H and O–H groups in total. The topological polar surface area (TPSA) is 0 Å². The molecule has 0 fully saturated rings. The van der Waals surface area contributed by atoms with Crippen molar-refractivity contribution in [1.29, 1.82) is 0 Å². The fraction of sp³-hybridized carbons (Fsp3) is 0.200. The van der Waals surface area contributed by atoms with Gasteiger partial charge in [0.2, 0.25) is 0 Å². The summed E-state index contributed by atoms with van der Waals surface area (Å²) in [5.41, 5.74) is 5.83. The van der Waals surface area contributed by atoms with E-state index in [1.54, 1.807) is 0 Å². The third-order valence-corrected chi connectivity index (χ3v) is 13.7. The predicted molar refractivity (Wildman–Crippen MR) is 128 cm³/mol. The van der Waals surface area contributed by atoms with E-state index in [0.717, 1.165) is 0 Å². The molecule has 130 valence electrons. The summed E-state index contributed by atoms with van der Waals surface area (Å²) in [6.45, 7) is 9.12. The van der Waals surface area contributed by atoms with Gasteiger partial charge >= 0.3 is 0 Å². The first kappa shape index (κ1) is 16.2. The summed E-state index contributed by atoms with van der Waals surface area (Å²) >= 11 is 11.8. The standard InChI is InChI=1S/C20H14S6/c1-7-5-21-17-11(7)23-15-9(3)13(25-19(15)17)14-10(4)16-20(26-14)18-12(24-16)8(2)6-22-18/h5-6H,1-4H3. The highest BCUT2D eigenvalue weighted by Crippen LogP contribution is 2.54. The van der Waals surface area contributed by atoms with Gasteiger partial charge in [-0.15, -0.1) is 68.0 Å². The van der Waals surface area contributed by atoms with Crippen molar-refractivity contribution in [2.45, 2.75) is 27.7 Å². The average molecular weight is 447 g/mol. The van der Waals surface area contributed by atoms with E-state index in [1.165, 1.54) is 69.6 Å². The van der Waals surface area contributed by atoms with E-state index in [1.807, 2.05) is 68.0 Å². The first-order valence-corrected chi connectivity index (χ1v) is 13.4. The molecule has 6 aromatic rings. The quantitative estimate of drug-likeness (QED) is 0.236. The molecule has 0 amide bonds. The number of rotatable bonds is 1. The normalized spacial score (nSPS) is 12.6. The van der Waals surface area contributed by atoms with Crippen molar-refractivity contribution in [3.8, 4) is 9.75 Å². The second-order valence-electron chi connectivity index (χ2n) is 6.79. The summed E-state index contributed by atoms with van der Waals surface area (Å²) < 4.78 is 12.0. The lowest BCUT2D eigenvalue weighted by atomic mass is 10.2. The number of hydrogen-bond acceptors (Lipinski definition) is 6. The Balaban J connectivity index is 1.66. The van der Waals surface area contributed by atoms with Crippen LogP contribution in [0.2, 0.25) is 0 Å². The van der Waals surface area contributed by atoms with Gasteiger partial charge in [-0.3, -0.25) is 0 Å². The molecule has 0 radical (unpaired) electrons. The van der Waals surface area contributed by atoms with E-state index >= 15 is 0 Å². The Morgan fingerprint density at radius 1 is 0.462 bits per heavy atom. The van der Waals surface area contributed by atoms with Crippen LogP contribution in [0.25, 0.3) is 47.4 Å². The Hall–Kier alpha value is -0.760. The molecular weight excluding hydrogens is 433 g/mol. The van der Waals surface area contributed by atoms with Crippen molar-refractivity contribution in [3.63, 3.8) is 0 Å². The minimum atomic E-state index is 1.43. The molecule has 0 nitrogen and oxygen atoms in total. The van der Waals surface area contributed by atoms with Crippen molar-refractivity contribution in [2.24, 2.45) is 0 Å². The number of fused-ring (bicyclic) bond motifs is 6. The van der Waals surface area contributed by atoms with Gasteiger partial charge in [-0.05, 0) is 60.7 Å². The van der Waals surface area contributed by atoms with Crippen LogP contribution in [0.4, 0.5) is 0 Å². The van der Waals surface area contributed by atoms with Crippen molar-refractivity contribution in [1.82, 2.24) is 0 Å². The van der Waals surface area contributed by atoms with Crippen LogP contribution in [0, 0.1) is 27.7 Å². The highest BCUT2D eigenvalue weighted by atomic mass is 32.1. The van der Waals surface area contributed by atoms with Crippen molar-refractivity contribution >= 4 is 106 Å². The Morgan fingerprint density at radius 3 is 1.31 bits per heavy atom. The molecule has 0 spiro atoms. The van der Waals surface area contributed by atoms with Gasteiger partial charge in [0.1, 0.15) is 0 Å².